The van der Waals surface area contributed by atoms with Crippen LogP contribution in [0, 0.1) is 5.82 Å². The molecule has 0 spiro atoms. The highest BCUT2D eigenvalue weighted by atomic mass is 35.5. The van der Waals surface area contributed by atoms with E-state index in [0.29, 0.717) is 23.0 Å². The Hall–Kier alpha value is -0.930. The highest BCUT2D eigenvalue weighted by Gasteiger charge is 2.15. The third kappa shape index (κ3) is 4.59. The quantitative estimate of drug-likeness (QED) is 0.896. The molecular weight excluding hydrogens is 265 g/mol. The van der Waals surface area contributed by atoms with E-state index in [2.05, 4.69) is 5.32 Å². The van der Waals surface area contributed by atoms with Gasteiger partial charge in [-0.2, -0.15) is 0 Å². The molecule has 19 heavy (non-hydrogen) atoms. The Labute approximate surface area is 118 Å². The molecule has 0 aliphatic carbocycles. The van der Waals surface area contributed by atoms with Gasteiger partial charge in [0.25, 0.3) is 0 Å². The largest absolute Gasteiger partial charge is 0.314 e. The first-order valence-corrected chi connectivity index (χ1v) is 7.22. The van der Waals surface area contributed by atoms with Crippen LogP contribution in [0.1, 0.15) is 37.7 Å². The normalized spacial score (nSPS) is 19.4. The molecule has 1 saturated heterocycles. The number of hydrogen-bond acceptors (Lipinski definition) is 2. The molecule has 0 bridgehead atoms. The molecule has 0 radical (unpaired) electrons. The summed E-state index contributed by atoms with van der Waals surface area (Å²) in [6.45, 7) is 1.05. The Kier molecular flexibility index (Phi) is 5.34. The highest BCUT2D eigenvalue weighted by molar-refractivity contribution is 6.30. The van der Waals surface area contributed by atoms with E-state index in [1.807, 2.05) is 0 Å². The van der Waals surface area contributed by atoms with Crippen LogP contribution in [0.4, 0.5) is 4.39 Å². The first-order chi connectivity index (χ1) is 9.15. The molecule has 1 aromatic carbocycles. The maximum atomic E-state index is 13.6. The van der Waals surface area contributed by atoms with Crippen molar-refractivity contribution in [3.05, 3.63) is 34.6 Å². The lowest BCUT2D eigenvalue weighted by molar-refractivity contribution is -0.118. The fraction of sp³-hybridized carbons (Fsp3) is 0.533. The third-order valence-corrected chi connectivity index (χ3v) is 3.82. The summed E-state index contributed by atoms with van der Waals surface area (Å²) in [7, 11) is 0. The predicted octanol–water partition coefficient (Wildman–Crippen LogP) is 3.51. The Morgan fingerprint density at radius 2 is 2.26 bits per heavy atom. The van der Waals surface area contributed by atoms with Crippen LogP contribution in [0.15, 0.2) is 18.2 Å². The van der Waals surface area contributed by atoms with Crippen molar-refractivity contribution in [3.8, 4) is 0 Å². The highest BCUT2D eigenvalue weighted by Crippen LogP contribution is 2.17. The van der Waals surface area contributed by atoms with Crippen molar-refractivity contribution in [1.29, 1.82) is 0 Å². The molecule has 0 amide bonds. The maximum Gasteiger partial charge on any atom is 0.137 e. The Morgan fingerprint density at radius 3 is 2.95 bits per heavy atom. The van der Waals surface area contributed by atoms with E-state index in [4.69, 9.17) is 11.6 Å². The number of ketones is 1. The Balaban J connectivity index is 1.80. The second-order valence-corrected chi connectivity index (χ2v) is 5.57. The van der Waals surface area contributed by atoms with E-state index >= 15 is 0 Å². The SMILES string of the molecule is O=C(CCC1CCCCN1)Cc1ccc(Cl)cc1F. The number of carbonyl (C=O) groups is 1. The molecule has 1 unspecified atom stereocenters. The molecule has 0 aromatic heterocycles. The topological polar surface area (TPSA) is 29.1 Å². The summed E-state index contributed by atoms with van der Waals surface area (Å²) in [4.78, 5) is 11.9. The summed E-state index contributed by atoms with van der Waals surface area (Å²) < 4.78 is 13.6. The molecule has 104 valence electrons. The zero-order valence-electron chi connectivity index (χ0n) is 10.9. The summed E-state index contributed by atoms with van der Waals surface area (Å²) >= 11 is 5.68. The Morgan fingerprint density at radius 1 is 1.42 bits per heavy atom. The lowest BCUT2D eigenvalue weighted by Gasteiger charge is -2.22. The van der Waals surface area contributed by atoms with E-state index in [9.17, 15) is 9.18 Å². The van der Waals surface area contributed by atoms with Crippen LogP contribution in [0.3, 0.4) is 0 Å². The van der Waals surface area contributed by atoms with Gasteiger partial charge in [0.05, 0.1) is 0 Å². The number of rotatable bonds is 5. The van der Waals surface area contributed by atoms with Gasteiger partial charge >= 0.3 is 0 Å². The van der Waals surface area contributed by atoms with Gasteiger partial charge in [0.15, 0.2) is 0 Å². The van der Waals surface area contributed by atoms with E-state index in [0.717, 1.165) is 19.4 Å². The summed E-state index contributed by atoms with van der Waals surface area (Å²) in [6.07, 6.45) is 5.13. The van der Waals surface area contributed by atoms with Crippen LogP contribution < -0.4 is 5.32 Å². The fourth-order valence-electron chi connectivity index (χ4n) is 2.47. The van der Waals surface area contributed by atoms with Crippen molar-refractivity contribution < 1.29 is 9.18 Å². The van der Waals surface area contributed by atoms with E-state index in [1.165, 1.54) is 18.9 Å². The lowest BCUT2D eigenvalue weighted by Crippen LogP contribution is -2.34. The van der Waals surface area contributed by atoms with Crippen LogP contribution in [0.25, 0.3) is 0 Å². The van der Waals surface area contributed by atoms with Crippen LogP contribution in [-0.2, 0) is 11.2 Å². The zero-order chi connectivity index (χ0) is 13.7. The molecular formula is C15H19ClFNO. The molecule has 1 aliphatic heterocycles. The molecule has 1 N–H and O–H groups in total. The maximum absolute atomic E-state index is 13.6. The molecule has 1 aliphatic rings. The number of piperidine rings is 1. The summed E-state index contributed by atoms with van der Waals surface area (Å²) in [5.74, 6) is -0.301. The summed E-state index contributed by atoms with van der Waals surface area (Å²) in [5.41, 5.74) is 0.436. The van der Waals surface area contributed by atoms with Crippen LogP contribution in [0.5, 0.6) is 0 Å². The van der Waals surface area contributed by atoms with Crippen molar-refractivity contribution in [2.45, 2.75) is 44.6 Å². The van der Waals surface area contributed by atoms with Gasteiger partial charge in [-0.3, -0.25) is 4.79 Å². The minimum Gasteiger partial charge on any atom is -0.314 e. The standard InChI is InChI=1S/C15H19ClFNO/c16-12-5-4-11(15(17)10-12)9-14(19)7-6-13-3-1-2-8-18-13/h4-5,10,13,18H,1-3,6-9H2. The minimum atomic E-state index is -0.392. The molecule has 2 nitrogen and oxygen atoms in total. The number of halogens is 2. The summed E-state index contributed by atoms with van der Waals surface area (Å²) in [5, 5.41) is 3.77. The number of carbonyl (C=O) groups excluding carboxylic acids is 1. The molecule has 1 aromatic rings. The smallest absolute Gasteiger partial charge is 0.137 e. The van der Waals surface area contributed by atoms with Gasteiger partial charge in [-0.1, -0.05) is 24.1 Å². The van der Waals surface area contributed by atoms with Gasteiger partial charge in [0.2, 0.25) is 0 Å². The number of benzene rings is 1. The number of hydrogen-bond donors (Lipinski definition) is 1. The first kappa shape index (κ1) is 14.5. The third-order valence-electron chi connectivity index (χ3n) is 3.59. The van der Waals surface area contributed by atoms with Gasteiger partial charge in [-0.05, 0) is 43.5 Å². The number of nitrogens with one attached hydrogen (secondary N) is 1. The molecule has 1 atom stereocenters. The van der Waals surface area contributed by atoms with Gasteiger partial charge in [-0.15, -0.1) is 0 Å². The van der Waals surface area contributed by atoms with Crippen LogP contribution in [0.2, 0.25) is 5.02 Å². The lowest BCUT2D eigenvalue weighted by atomic mass is 9.97. The average molecular weight is 284 g/mol. The number of Topliss-reactive ketones (excluding diaryl/α,β-unsaturated/α-hetero) is 1. The van der Waals surface area contributed by atoms with Crippen molar-refractivity contribution in [1.82, 2.24) is 5.32 Å². The van der Waals surface area contributed by atoms with E-state index in [1.54, 1.807) is 12.1 Å². The second-order valence-electron chi connectivity index (χ2n) is 5.14. The fourth-order valence-corrected chi connectivity index (χ4v) is 2.63. The first-order valence-electron chi connectivity index (χ1n) is 6.84. The van der Waals surface area contributed by atoms with Crippen molar-refractivity contribution in [2.24, 2.45) is 0 Å². The zero-order valence-corrected chi connectivity index (χ0v) is 11.7. The molecule has 0 saturated carbocycles. The molecule has 4 heteroatoms. The van der Waals surface area contributed by atoms with Gasteiger partial charge in [0.1, 0.15) is 11.6 Å². The molecule has 1 fully saturated rings. The van der Waals surface area contributed by atoms with Crippen molar-refractivity contribution >= 4 is 17.4 Å². The van der Waals surface area contributed by atoms with Crippen LogP contribution >= 0.6 is 11.6 Å². The van der Waals surface area contributed by atoms with Gasteiger partial charge in [-0.25, -0.2) is 4.39 Å². The molecule has 1 heterocycles. The average Bonchev–Trinajstić information content (AvgIpc) is 2.41. The van der Waals surface area contributed by atoms with E-state index < -0.39 is 5.82 Å². The summed E-state index contributed by atoms with van der Waals surface area (Å²) in [6, 6.07) is 4.92. The van der Waals surface area contributed by atoms with Crippen molar-refractivity contribution in [3.63, 3.8) is 0 Å². The second kappa shape index (κ2) is 7.01. The van der Waals surface area contributed by atoms with Crippen LogP contribution in [-0.4, -0.2) is 18.4 Å². The van der Waals surface area contributed by atoms with Crippen molar-refractivity contribution in [2.75, 3.05) is 6.54 Å². The van der Waals surface area contributed by atoms with Gasteiger partial charge in [0, 0.05) is 23.9 Å². The van der Waals surface area contributed by atoms with E-state index in [-0.39, 0.29) is 12.2 Å². The van der Waals surface area contributed by atoms with Gasteiger partial charge < -0.3 is 5.32 Å². The predicted molar refractivity (Wildman–Crippen MR) is 75.0 cm³/mol. The minimum absolute atomic E-state index is 0.0913. The monoisotopic (exact) mass is 283 g/mol. The Bertz CT molecular complexity index is 444. The molecule has 2 rings (SSSR count).